The second kappa shape index (κ2) is 6.41. The molecule has 1 heterocycles. The molecule has 0 spiro atoms. The summed E-state index contributed by atoms with van der Waals surface area (Å²) in [4.78, 5) is 23.1. The number of aryl methyl sites for hydroxylation is 2. The van der Waals surface area contributed by atoms with E-state index in [0.29, 0.717) is 16.7 Å². The third kappa shape index (κ3) is 2.82. The lowest BCUT2D eigenvalue weighted by atomic mass is 9.89. The van der Waals surface area contributed by atoms with Crippen LogP contribution in [0.4, 0.5) is 8.78 Å². The van der Waals surface area contributed by atoms with Gasteiger partial charge in [-0.15, -0.1) is 0 Å². The Kier molecular flexibility index (Phi) is 4.11. The van der Waals surface area contributed by atoms with Crippen molar-refractivity contribution in [3.8, 4) is 28.2 Å². The van der Waals surface area contributed by atoms with Gasteiger partial charge in [0.2, 0.25) is 5.43 Å². The fourth-order valence-corrected chi connectivity index (χ4v) is 3.50. The highest BCUT2D eigenvalue weighted by Gasteiger charge is 2.24. The highest BCUT2D eigenvalue weighted by Crippen LogP contribution is 2.44. The van der Waals surface area contributed by atoms with Crippen LogP contribution in [0.2, 0.25) is 0 Å². The van der Waals surface area contributed by atoms with Crippen LogP contribution in [0.15, 0.2) is 45.6 Å². The number of phenols is 1. The van der Waals surface area contributed by atoms with Gasteiger partial charge in [-0.3, -0.25) is 4.79 Å². The van der Waals surface area contributed by atoms with Crippen LogP contribution in [0.25, 0.3) is 33.4 Å². The first kappa shape index (κ1) is 18.6. The van der Waals surface area contributed by atoms with Crippen LogP contribution in [-0.4, -0.2) is 16.2 Å². The standard InChI is InChI=1S/C22H14F2O5/c1-9-5-11(22(27)28)3-4-12(9)19-13-6-15(23)17(25)8-18(13)29-21-10(2)20(26)16(24)7-14(19)21/h3-8,26H,1-2H3,(H,27,28). The molecule has 5 nitrogen and oxygen atoms in total. The molecule has 0 fully saturated rings. The largest absolute Gasteiger partial charge is 0.505 e. The van der Waals surface area contributed by atoms with Crippen molar-refractivity contribution >= 4 is 16.9 Å². The van der Waals surface area contributed by atoms with Crippen LogP contribution in [0, 0.1) is 25.5 Å². The molecule has 2 aliphatic rings. The van der Waals surface area contributed by atoms with Gasteiger partial charge >= 0.3 is 5.97 Å². The van der Waals surface area contributed by atoms with Gasteiger partial charge in [-0.1, -0.05) is 6.07 Å². The molecule has 2 N–H and O–H groups in total. The molecule has 0 amide bonds. The van der Waals surface area contributed by atoms with E-state index >= 15 is 0 Å². The molecule has 146 valence electrons. The third-order valence-electron chi connectivity index (χ3n) is 4.97. The highest BCUT2D eigenvalue weighted by molar-refractivity contribution is 6.04. The minimum Gasteiger partial charge on any atom is -0.505 e. The minimum absolute atomic E-state index is 0.0634. The van der Waals surface area contributed by atoms with E-state index in [1.165, 1.54) is 25.1 Å². The summed E-state index contributed by atoms with van der Waals surface area (Å²) in [5, 5.41) is 19.4. The molecule has 0 saturated heterocycles. The van der Waals surface area contributed by atoms with Crippen molar-refractivity contribution in [3.63, 3.8) is 0 Å². The predicted molar refractivity (Wildman–Crippen MR) is 103 cm³/mol. The van der Waals surface area contributed by atoms with Crippen molar-refractivity contribution in [2.75, 3.05) is 0 Å². The Morgan fingerprint density at radius 2 is 1.72 bits per heavy atom. The Labute approximate surface area is 162 Å². The zero-order valence-corrected chi connectivity index (χ0v) is 15.3. The lowest BCUT2D eigenvalue weighted by molar-refractivity contribution is 0.0697. The summed E-state index contributed by atoms with van der Waals surface area (Å²) in [5.74, 6) is -3.51. The van der Waals surface area contributed by atoms with Crippen molar-refractivity contribution in [2.45, 2.75) is 13.8 Å². The Balaban J connectivity index is 2.23. The van der Waals surface area contributed by atoms with E-state index in [0.717, 1.165) is 18.2 Å². The fraction of sp³-hybridized carbons (Fsp3) is 0.0909. The smallest absolute Gasteiger partial charge is 0.335 e. The maximum Gasteiger partial charge on any atom is 0.335 e. The molecule has 7 heteroatoms. The van der Waals surface area contributed by atoms with Crippen LogP contribution in [0.5, 0.6) is 5.75 Å². The van der Waals surface area contributed by atoms with Crippen LogP contribution < -0.4 is 5.43 Å². The van der Waals surface area contributed by atoms with Crippen molar-refractivity contribution in [3.05, 3.63) is 74.9 Å². The summed E-state index contributed by atoms with van der Waals surface area (Å²) >= 11 is 0. The quantitative estimate of drug-likeness (QED) is 0.472. The lowest BCUT2D eigenvalue weighted by Gasteiger charge is -2.18. The Hall–Kier alpha value is -3.74. The summed E-state index contributed by atoms with van der Waals surface area (Å²) in [6, 6.07) is 7.45. The van der Waals surface area contributed by atoms with E-state index in [1.54, 1.807) is 6.92 Å². The number of phenolic OH excluding ortho intramolecular Hbond substituents is 1. The summed E-state index contributed by atoms with van der Waals surface area (Å²) in [7, 11) is 0. The van der Waals surface area contributed by atoms with Gasteiger partial charge in [-0.05, 0) is 49.2 Å². The van der Waals surface area contributed by atoms with Gasteiger partial charge in [-0.2, -0.15) is 0 Å². The molecule has 0 radical (unpaired) electrons. The summed E-state index contributed by atoms with van der Waals surface area (Å²) in [6.45, 7) is 3.13. The van der Waals surface area contributed by atoms with Crippen molar-refractivity contribution in [1.29, 1.82) is 0 Å². The maximum absolute atomic E-state index is 14.3. The third-order valence-corrected chi connectivity index (χ3v) is 4.97. The first-order chi connectivity index (χ1) is 13.7. The summed E-state index contributed by atoms with van der Waals surface area (Å²) < 4.78 is 34.1. The van der Waals surface area contributed by atoms with E-state index in [1.807, 2.05) is 0 Å². The first-order valence-electron chi connectivity index (χ1n) is 8.61. The molecule has 4 rings (SSSR count). The zero-order chi connectivity index (χ0) is 21.0. The SMILES string of the molecule is Cc1cc(C(=O)O)ccc1-c1c2cc(F)c(=O)cc-2oc2c(C)c(O)c(F)cc12. The highest BCUT2D eigenvalue weighted by atomic mass is 19.1. The minimum atomic E-state index is -1.11. The summed E-state index contributed by atoms with van der Waals surface area (Å²) in [6.07, 6.45) is 0. The number of carboxylic acids is 1. The normalized spacial score (nSPS) is 11.3. The average molecular weight is 396 g/mol. The number of rotatable bonds is 2. The van der Waals surface area contributed by atoms with Gasteiger partial charge in [-0.25, -0.2) is 13.6 Å². The van der Waals surface area contributed by atoms with E-state index in [4.69, 9.17) is 4.42 Å². The molecule has 2 aromatic carbocycles. The van der Waals surface area contributed by atoms with Gasteiger partial charge < -0.3 is 14.6 Å². The number of carboxylic acid groups (broad SMARTS) is 1. The van der Waals surface area contributed by atoms with E-state index in [9.17, 15) is 28.6 Å². The van der Waals surface area contributed by atoms with E-state index in [2.05, 4.69) is 0 Å². The number of hydrogen-bond donors (Lipinski definition) is 2. The molecule has 29 heavy (non-hydrogen) atoms. The van der Waals surface area contributed by atoms with Gasteiger partial charge in [0.1, 0.15) is 11.3 Å². The molecule has 0 unspecified atom stereocenters. The monoisotopic (exact) mass is 396 g/mol. The average Bonchev–Trinajstić information content (AvgIpc) is 2.67. The molecule has 0 saturated carbocycles. The van der Waals surface area contributed by atoms with E-state index < -0.39 is 28.8 Å². The number of fused-ring (bicyclic) bond motifs is 2. The van der Waals surface area contributed by atoms with Crippen molar-refractivity contribution in [2.24, 2.45) is 0 Å². The van der Waals surface area contributed by atoms with Crippen LogP contribution >= 0.6 is 0 Å². The molecule has 1 aliphatic heterocycles. The fourth-order valence-electron chi connectivity index (χ4n) is 3.50. The number of aromatic carboxylic acids is 1. The number of halogens is 2. The Bertz CT molecular complexity index is 1350. The van der Waals surface area contributed by atoms with Gasteiger partial charge in [0.25, 0.3) is 0 Å². The second-order valence-electron chi connectivity index (χ2n) is 6.80. The Morgan fingerprint density at radius 3 is 2.38 bits per heavy atom. The first-order valence-corrected chi connectivity index (χ1v) is 8.61. The van der Waals surface area contributed by atoms with Gasteiger partial charge in [0.05, 0.1) is 5.56 Å². The van der Waals surface area contributed by atoms with Crippen LogP contribution in [0.1, 0.15) is 21.5 Å². The van der Waals surface area contributed by atoms with Crippen molar-refractivity contribution in [1.82, 2.24) is 0 Å². The molecule has 1 aliphatic carbocycles. The lowest BCUT2D eigenvalue weighted by Crippen LogP contribution is -2.07. The number of aromatic hydroxyl groups is 1. The number of carbonyl (C=O) groups is 1. The van der Waals surface area contributed by atoms with Gasteiger partial charge in [0, 0.05) is 28.1 Å². The van der Waals surface area contributed by atoms with Crippen LogP contribution in [-0.2, 0) is 0 Å². The molecular formula is C22H14F2O5. The molecule has 2 aromatic rings. The Morgan fingerprint density at radius 1 is 1.00 bits per heavy atom. The maximum atomic E-state index is 14.3. The van der Waals surface area contributed by atoms with Crippen molar-refractivity contribution < 1.29 is 28.2 Å². The van der Waals surface area contributed by atoms with Gasteiger partial charge in [0.15, 0.2) is 17.4 Å². The molecule has 0 aromatic heterocycles. The van der Waals surface area contributed by atoms with E-state index in [-0.39, 0.29) is 33.4 Å². The molecular weight excluding hydrogens is 382 g/mol. The summed E-state index contributed by atoms with van der Waals surface area (Å²) in [5.41, 5.74) is 1.13. The number of benzene rings is 3. The second-order valence-corrected chi connectivity index (χ2v) is 6.80. The predicted octanol–water partition coefficient (Wildman–Crippen LogP) is 4.86. The zero-order valence-electron chi connectivity index (χ0n) is 15.3. The molecule has 0 bridgehead atoms. The topological polar surface area (TPSA) is 87.7 Å². The van der Waals surface area contributed by atoms with Crippen LogP contribution in [0.3, 0.4) is 0 Å². The number of hydrogen-bond acceptors (Lipinski definition) is 4. The molecule has 0 atom stereocenters.